The molecule has 0 spiro atoms. The Balaban J connectivity index is 1.62. The number of hydrogen-bond acceptors (Lipinski definition) is 6. The molecule has 4 rings (SSSR count). The molecule has 0 bridgehead atoms. The van der Waals surface area contributed by atoms with Gasteiger partial charge in [0.15, 0.2) is 0 Å². The Morgan fingerprint density at radius 3 is 2.74 bits per heavy atom. The predicted octanol–water partition coefficient (Wildman–Crippen LogP) is 2.30. The van der Waals surface area contributed by atoms with Crippen LogP contribution in [-0.4, -0.2) is 62.8 Å². The molecule has 0 radical (unpaired) electrons. The van der Waals surface area contributed by atoms with Gasteiger partial charge in [0.25, 0.3) is 0 Å². The first-order valence-electron chi connectivity index (χ1n) is 10.5. The standard InChI is InChI=1S/C23H28N6O2/c1-27(2)23-24-13-20(18-8-6-17(16-30)7-9-18)22(26-23)19-5-3-11-28(14-19)21(31)15-29-12-4-10-25-29/h4,6-10,12-13,19,30H,3,5,11,14-16H2,1-2H3. The fourth-order valence-corrected chi connectivity index (χ4v) is 3.98. The number of benzene rings is 1. The van der Waals surface area contributed by atoms with Gasteiger partial charge in [0.05, 0.1) is 12.3 Å². The lowest BCUT2D eigenvalue weighted by atomic mass is 9.89. The lowest BCUT2D eigenvalue weighted by Crippen LogP contribution is -2.41. The van der Waals surface area contributed by atoms with Crippen LogP contribution < -0.4 is 4.90 Å². The van der Waals surface area contributed by atoms with Crippen molar-refractivity contribution in [1.82, 2.24) is 24.6 Å². The van der Waals surface area contributed by atoms with Crippen molar-refractivity contribution < 1.29 is 9.90 Å². The second-order valence-corrected chi connectivity index (χ2v) is 8.10. The Bertz CT molecular complexity index is 1020. The summed E-state index contributed by atoms with van der Waals surface area (Å²) >= 11 is 0. The van der Waals surface area contributed by atoms with E-state index in [2.05, 4.69) is 10.1 Å². The van der Waals surface area contributed by atoms with Gasteiger partial charge in [0.2, 0.25) is 11.9 Å². The van der Waals surface area contributed by atoms with Crippen LogP contribution in [0.15, 0.2) is 48.9 Å². The van der Waals surface area contributed by atoms with E-state index in [-0.39, 0.29) is 25.0 Å². The molecule has 31 heavy (non-hydrogen) atoms. The quantitative estimate of drug-likeness (QED) is 0.659. The zero-order valence-electron chi connectivity index (χ0n) is 18.0. The maximum Gasteiger partial charge on any atom is 0.244 e. The van der Waals surface area contributed by atoms with Gasteiger partial charge in [-0.1, -0.05) is 24.3 Å². The fourth-order valence-electron chi connectivity index (χ4n) is 3.98. The molecule has 1 atom stereocenters. The average molecular weight is 421 g/mol. The summed E-state index contributed by atoms with van der Waals surface area (Å²) in [5.41, 5.74) is 3.81. The van der Waals surface area contributed by atoms with Crippen LogP contribution in [0.4, 0.5) is 5.95 Å². The molecule has 1 fully saturated rings. The number of carbonyl (C=O) groups is 1. The first-order valence-corrected chi connectivity index (χ1v) is 10.5. The molecule has 1 aromatic carbocycles. The van der Waals surface area contributed by atoms with Crippen molar-refractivity contribution in [3.8, 4) is 11.1 Å². The van der Waals surface area contributed by atoms with Gasteiger partial charge >= 0.3 is 0 Å². The third kappa shape index (κ3) is 4.74. The normalized spacial score (nSPS) is 16.4. The third-order valence-corrected chi connectivity index (χ3v) is 5.67. The van der Waals surface area contributed by atoms with Gasteiger partial charge in [-0.05, 0) is 30.0 Å². The summed E-state index contributed by atoms with van der Waals surface area (Å²) in [4.78, 5) is 26.1. The van der Waals surface area contributed by atoms with Gasteiger partial charge in [-0.2, -0.15) is 5.10 Å². The molecule has 0 saturated carbocycles. The molecule has 1 amide bonds. The van der Waals surface area contributed by atoms with Crippen LogP contribution >= 0.6 is 0 Å². The number of hydrogen-bond donors (Lipinski definition) is 1. The Kier molecular flexibility index (Phi) is 6.27. The van der Waals surface area contributed by atoms with E-state index in [1.165, 1.54) is 0 Å². The lowest BCUT2D eigenvalue weighted by Gasteiger charge is -2.33. The highest BCUT2D eigenvalue weighted by atomic mass is 16.3. The van der Waals surface area contributed by atoms with Crippen molar-refractivity contribution >= 4 is 11.9 Å². The molecule has 0 aliphatic carbocycles. The van der Waals surface area contributed by atoms with Gasteiger partial charge in [-0.15, -0.1) is 0 Å². The number of piperidine rings is 1. The minimum absolute atomic E-state index is 0.0130. The molecular formula is C23H28N6O2. The SMILES string of the molecule is CN(C)c1ncc(-c2ccc(CO)cc2)c(C2CCCN(C(=O)Cn3cccn3)C2)n1. The van der Waals surface area contributed by atoms with Crippen LogP contribution in [0.25, 0.3) is 11.1 Å². The zero-order chi connectivity index (χ0) is 21.8. The van der Waals surface area contributed by atoms with E-state index in [0.717, 1.165) is 41.8 Å². The van der Waals surface area contributed by atoms with Gasteiger partial charge in [0, 0.05) is 57.3 Å². The van der Waals surface area contributed by atoms with Crippen molar-refractivity contribution in [2.45, 2.75) is 31.9 Å². The number of amides is 1. The summed E-state index contributed by atoms with van der Waals surface area (Å²) in [6.45, 7) is 1.65. The molecule has 1 saturated heterocycles. The average Bonchev–Trinajstić information content (AvgIpc) is 3.32. The summed E-state index contributed by atoms with van der Waals surface area (Å²) in [5.74, 6) is 0.861. The highest BCUT2D eigenvalue weighted by Crippen LogP contribution is 2.34. The highest BCUT2D eigenvalue weighted by molar-refractivity contribution is 5.76. The first-order chi connectivity index (χ1) is 15.0. The van der Waals surface area contributed by atoms with E-state index in [0.29, 0.717) is 12.5 Å². The number of carbonyl (C=O) groups excluding carboxylic acids is 1. The van der Waals surface area contributed by atoms with Crippen molar-refractivity contribution in [3.63, 3.8) is 0 Å². The van der Waals surface area contributed by atoms with Gasteiger partial charge in [-0.3, -0.25) is 9.48 Å². The first kappa shape index (κ1) is 21.0. The summed E-state index contributed by atoms with van der Waals surface area (Å²) in [5, 5.41) is 13.5. The van der Waals surface area contributed by atoms with Gasteiger partial charge in [-0.25, -0.2) is 9.97 Å². The second kappa shape index (κ2) is 9.26. The van der Waals surface area contributed by atoms with Crippen LogP contribution in [0.5, 0.6) is 0 Å². The number of rotatable bonds is 6. The molecule has 3 aromatic rings. The van der Waals surface area contributed by atoms with E-state index < -0.39 is 0 Å². The molecule has 1 N–H and O–H groups in total. The minimum Gasteiger partial charge on any atom is -0.392 e. The largest absolute Gasteiger partial charge is 0.392 e. The molecule has 8 heteroatoms. The highest BCUT2D eigenvalue weighted by Gasteiger charge is 2.28. The zero-order valence-corrected chi connectivity index (χ0v) is 18.0. The van der Waals surface area contributed by atoms with E-state index in [4.69, 9.17) is 4.98 Å². The minimum atomic E-state index is 0.0130. The Hall–Kier alpha value is -3.26. The van der Waals surface area contributed by atoms with Crippen LogP contribution in [0.3, 0.4) is 0 Å². The van der Waals surface area contributed by atoms with Crippen molar-refractivity contribution in [2.75, 3.05) is 32.1 Å². The van der Waals surface area contributed by atoms with E-state index in [1.807, 2.05) is 60.4 Å². The summed E-state index contributed by atoms with van der Waals surface area (Å²) in [7, 11) is 3.85. The number of aliphatic hydroxyl groups excluding tert-OH is 1. The van der Waals surface area contributed by atoms with E-state index in [9.17, 15) is 9.90 Å². The van der Waals surface area contributed by atoms with Crippen LogP contribution in [0.1, 0.15) is 30.0 Å². The van der Waals surface area contributed by atoms with E-state index in [1.54, 1.807) is 17.1 Å². The molecule has 1 aliphatic rings. The monoisotopic (exact) mass is 420 g/mol. The Morgan fingerprint density at radius 2 is 2.06 bits per heavy atom. The molecule has 162 valence electrons. The topological polar surface area (TPSA) is 87.4 Å². The molecule has 2 aromatic heterocycles. The molecule has 3 heterocycles. The van der Waals surface area contributed by atoms with Gasteiger partial charge in [0.1, 0.15) is 6.54 Å². The Labute approximate surface area is 182 Å². The number of anilines is 1. The smallest absolute Gasteiger partial charge is 0.244 e. The van der Waals surface area contributed by atoms with Crippen LogP contribution in [0, 0.1) is 0 Å². The summed E-state index contributed by atoms with van der Waals surface area (Å²) < 4.78 is 1.66. The lowest BCUT2D eigenvalue weighted by molar-refractivity contribution is -0.133. The number of nitrogens with zero attached hydrogens (tertiary/aromatic N) is 6. The summed E-state index contributed by atoms with van der Waals surface area (Å²) in [6.07, 6.45) is 7.26. The number of likely N-dealkylation sites (tertiary alicyclic amines) is 1. The molecule has 1 aliphatic heterocycles. The van der Waals surface area contributed by atoms with Crippen molar-refractivity contribution in [1.29, 1.82) is 0 Å². The summed E-state index contributed by atoms with van der Waals surface area (Å²) in [6, 6.07) is 9.64. The molecular weight excluding hydrogens is 392 g/mol. The van der Waals surface area contributed by atoms with E-state index >= 15 is 0 Å². The van der Waals surface area contributed by atoms with Crippen LogP contribution in [-0.2, 0) is 17.9 Å². The predicted molar refractivity (Wildman–Crippen MR) is 118 cm³/mol. The molecule has 8 nitrogen and oxygen atoms in total. The Morgan fingerprint density at radius 1 is 1.26 bits per heavy atom. The second-order valence-electron chi connectivity index (χ2n) is 8.10. The number of aliphatic hydroxyl groups is 1. The van der Waals surface area contributed by atoms with Crippen LogP contribution in [0.2, 0.25) is 0 Å². The van der Waals surface area contributed by atoms with Crippen molar-refractivity contribution in [3.05, 3.63) is 60.2 Å². The maximum absolute atomic E-state index is 12.8. The third-order valence-electron chi connectivity index (χ3n) is 5.67. The molecule has 1 unspecified atom stereocenters. The van der Waals surface area contributed by atoms with Gasteiger partial charge < -0.3 is 14.9 Å². The maximum atomic E-state index is 12.8. The fraction of sp³-hybridized carbons (Fsp3) is 0.391. The number of aromatic nitrogens is 4. The van der Waals surface area contributed by atoms with Crippen molar-refractivity contribution in [2.24, 2.45) is 0 Å².